The lowest BCUT2D eigenvalue weighted by Gasteiger charge is -2.36. The third-order valence-electron chi connectivity index (χ3n) is 4.78. The summed E-state index contributed by atoms with van der Waals surface area (Å²) in [7, 11) is 0. The van der Waals surface area contributed by atoms with E-state index in [2.05, 4.69) is 12.2 Å². The molecule has 20 heavy (non-hydrogen) atoms. The minimum Gasteiger partial charge on any atom is -0.481 e. The zero-order chi connectivity index (χ0) is 14.5. The van der Waals surface area contributed by atoms with E-state index >= 15 is 0 Å². The first-order chi connectivity index (χ1) is 9.56. The fourth-order valence-electron chi connectivity index (χ4n) is 3.16. The monoisotopic (exact) mass is 282 g/mol. The Balaban J connectivity index is 1.75. The number of hydrogen-bond acceptors (Lipinski definition) is 2. The lowest BCUT2D eigenvalue weighted by molar-refractivity contribution is -0.137. The first-order valence-electron chi connectivity index (χ1n) is 7.83. The normalized spacial score (nSPS) is 24.9. The number of urea groups is 1. The molecule has 2 aliphatic rings. The second-order valence-corrected chi connectivity index (χ2v) is 6.32. The summed E-state index contributed by atoms with van der Waals surface area (Å²) in [5.74, 6) is 0.237. The number of amides is 2. The van der Waals surface area contributed by atoms with Crippen LogP contribution in [0.1, 0.15) is 51.9 Å². The minimum absolute atomic E-state index is 0.0319. The largest absolute Gasteiger partial charge is 0.481 e. The van der Waals surface area contributed by atoms with Gasteiger partial charge in [0.05, 0.1) is 0 Å². The maximum Gasteiger partial charge on any atom is 0.317 e. The molecule has 5 nitrogen and oxygen atoms in total. The van der Waals surface area contributed by atoms with Crippen LogP contribution < -0.4 is 5.32 Å². The number of aliphatic carboxylic acids is 1. The summed E-state index contributed by atoms with van der Waals surface area (Å²) in [5, 5.41) is 11.8. The van der Waals surface area contributed by atoms with Crippen molar-refractivity contribution in [3.05, 3.63) is 0 Å². The van der Waals surface area contributed by atoms with E-state index < -0.39 is 5.97 Å². The number of carboxylic acid groups (broad SMARTS) is 1. The highest BCUT2D eigenvalue weighted by Crippen LogP contribution is 2.29. The molecule has 5 heteroatoms. The van der Waals surface area contributed by atoms with E-state index in [4.69, 9.17) is 5.11 Å². The van der Waals surface area contributed by atoms with Gasteiger partial charge >= 0.3 is 12.0 Å². The average molecular weight is 282 g/mol. The molecular formula is C15H26N2O3. The lowest BCUT2D eigenvalue weighted by atomic mass is 9.80. The third kappa shape index (κ3) is 4.12. The predicted octanol–water partition coefficient (Wildman–Crippen LogP) is 2.46. The van der Waals surface area contributed by atoms with Crippen LogP contribution in [-0.4, -0.2) is 41.1 Å². The summed E-state index contributed by atoms with van der Waals surface area (Å²) in [6.45, 7) is 3.59. The second-order valence-electron chi connectivity index (χ2n) is 6.32. The van der Waals surface area contributed by atoms with Gasteiger partial charge in [-0.1, -0.05) is 6.42 Å². The van der Waals surface area contributed by atoms with Crippen molar-refractivity contribution in [1.82, 2.24) is 10.2 Å². The van der Waals surface area contributed by atoms with Crippen molar-refractivity contribution in [2.24, 2.45) is 11.8 Å². The molecule has 1 saturated heterocycles. The van der Waals surface area contributed by atoms with E-state index in [9.17, 15) is 9.59 Å². The quantitative estimate of drug-likeness (QED) is 0.813. The summed E-state index contributed by atoms with van der Waals surface area (Å²) in [6.07, 6.45) is 6.64. The standard InChI is InChI=1S/C15H26N2O3/c1-11(13-5-2-6-13)16-15(20)17-9-3-4-12(10-17)7-8-14(18)19/h11-13H,2-10H2,1H3,(H,16,20)(H,18,19). The topological polar surface area (TPSA) is 69.6 Å². The second kappa shape index (κ2) is 6.95. The van der Waals surface area contributed by atoms with Crippen LogP contribution in [0.4, 0.5) is 4.79 Å². The Hall–Kier alpha value is -1.26. The van der Waals surface area contributed by atoms with E-state index in [1.165, 1.54) is 19.3 Å². The van der Waals surface area contributed by atoms with Crippen LogP contribution >= 0.6 is 0 Å². The van der Waals surface area contributed by atoms with E-state index in [1.807, 2.05) is 4.90 Å². The predicted molar refractivity (Wildman–Crippen MR) is 76.5 cm³/mol. The Bertz CT molecular complexity index is 355. The van der Waals surface area contributed by atoms with Gasteiger partial charge in [-0.25, -0.2) is 4.79 Å². The van der Waals surface area contributed by atoms with E-state index in [1.54, 1.807) is 0 Å². The first kappa shape index (κ1) is 15.1. The summed E-state index contributed by atoms with van der Waals surface area (Å²) < 4.78 is 0. The van der Waals surface area contributed by atoms with Crippen molar-refractivity contribution in [2.45, 2.75) is 57.9 Å². The van der Waals surface area contributed by atoms with Crippen molar-refractivity contribution in [3.63, 3.8) is 0 Å². The van der Waals surface area contributed by atoms with Gasteiger partial charge in [0.1, 0.15) is 0 Å². The third-order valence-corrected chi connectivity index (χ3v) is 4.78. The number of carboxylic acids is 1. The molecular weight excluding hydrogens is 256 g/mol. The average Bonchev–Trinajstić information content (AvgIpc) is 2.34. The molecule has 1 aliphatic heterocycles. The van der Waals surface area contributed by atoms with Gasteiger partial charge in [0.2, 0.25) is 0 Å². The van der Waals surface area contributed by atoms with Crippen LogP contribution in [0.2, 0.25) is 0 Å². The number of carbonyl (C=O) groups is 2. The molecule has 2 unspecified atom stereocenters. The van der Waals surface area contributed by atoms with Gasteiger partial charge < -0.3 is 15.3 Å². The van der Waals surface area contributed by atoms with Gasteiger partial charge in [0, 0.05) is 25.6 Å². The van der Waals surface area contributed by atoms with Crippen LogP contribution in [0.15, 0.2) is 0 Å². The molecule has 0 radical (unpaired) electrons. The van der Waals surface area contributed by atoms with Gasteiger partial charge in [-0.05, 0) is 50.9 Å². The zero-order valence-corrected chi connectivity index (χ0v) is 12.3. The van der Waals surface area contributed by atoms with Crippen molar-refractivity contribution in [3.8, 4) is 0 Å². The summed E-state index contributed by atoms with van der Waals surface area (Å²) in [4.78, 5) is 24.7. The maximum absolute atomic E-state index is 12.2. The number of nitrogens with zero attached hydrogens (tertiary/aromatic N) is 1. The van der Waals surface area contributed by atoms with E-state index in [-0.39, 0.29) is 18.5 Å². The highest BCUT2D eigenvalue weighted by molar-refractivity contribution is 5.74. The molecule has 0 bridgehead atoms. The molecule has 0 aromatic heterocycles. The smallest absolute Gasteiger partial charge is 0.317 e. The van der Waals surface area contributed by atoms with Crippen molar-refractivity contribution < 1.29 is 14.7 Å². The van der Waals surface area contributed by atoms with Crippen LogP contribution in [0.3, 0.4) is 0 Å². The molecule has 2 amide bonds. The molecule has 0 aromatic rings. The van der Waals surface area contributed by atoms with E-state index in [0.29, 0.717) is 24.8 Å². The molecule has 1 aliphatic carbocycles. The Labute approximate surface area is 120 Å². The maximum atomic E-state index is 12.2. The fourth-order valence-corrected chi connectivity index (χ4v) is 3.16. The Morgan fingerprint density at radius 3 is 2.65 bits per heavy atom. The van der Waals surface area contributed by atoms with Gasteiger partial charge in [-0.15, -0.1) is 0 Å². The SMILES string of the molecule is CC(NC(=O)N1CCCC(CCC(=O)O)C1)C1CCC1. The Morgan fingerprint density at radius 2 is 2.05 bits per heavy atom. The zero-order valence-electron chi connectivity index (χ0n) is 12.3. The highest BCUT2D eigenvalue weighted by Gasteiger charge is 2.28. The number of likely N-dealkylation sites (tertiary alicyclic amines) is 1. The molecule has 1 heterocycles. The van der Waals surface area contributed by atoms with Crippen molar-refractivity contribution in [1.29, 1.82) is 0 Å². The van der Waals surface area contributed by atoms with Crippen LogP contribution in [0.25, 0.3) is 0 Å². The van der Waals surface area contributed by atoms with Crippen LogP contribution in [-0.2, 0) is 4.79 Å². The Morgan fingerprint density at radius 1 is 1.30 bits per heavy atom. The summed E-state index contributed by atoms with van der Waals surface area (Å²) in [5.41, 5.74) is 0. The van der Waals surface area contributed by atoms with Crippen LogP contribution in [0.5, 0.6) is 0 Å². The number of piperidine rings is 1. The van der Waals surface area contributed by atoms with Gasteiger partial charge in [0.15, 0.2) is 0 Å². The molecule has 0 aromatic carbocycles. The van der Waals surface area contributed by atoms with Gasteiger partial charge in [-0.2, -0.15) is 0 Å². The van der Waals surface area contributed by atoms with Crippen molar-refractivity contribution in [2.75, 3.05) is 13.1 Å². The molecule has 1 saturated carbocycles. The molecule has 114 valence electrons. The molecule has 2 fully saturated rings. The molecule has 2 atom stereocenters. The first-order valence-corrected chi connectivity index (χ1v) is 7.83. The minimum atomic E-state index is -0.745. The number of rotatable bonds is 5. The van der Waals surface area contributed by atoms with Crippen LogP contribution in [0, 0.1) is 11.8 Å². The molecule has 2 N–H and O–H groups in total. The number of nitrogens with one attached hydrogen (secondary N) is 1. The highest BCUT2D eigenvalue weighted by atomic mass is 16.4. The van der Waals surface area contributed by atoms with Gasteiger partial charge in [0.25, 0.3) is 0 Å². The van der Waals surface area contributed by atoms with Crippen molar-refractivity contribution >= 4 is 12.0 Å². The molecule has 0 spiro atoms. The molecule has 2 rings (SSSR count). The number of carbonyl (C=O) groups excluding carboxylic acids is 1. The van der Waals surface area contributed by atoms with Gasteiger partial charge in [-0.3, -0.25) is 4.79 Å². The number of hydrogen-bond donors (Lipinski definition) is 2. The lowest BCUT2D eigenvalue weighted by Crippen LogP contribution is -2.50. The summed E-state index contributed by atoms with van der Waals surface area (Å²) in [6, 6.07) is 0.292. The van der Waals surface area contributed by atoms with E-state index in [0.717, 1.165) is 19.4 Å². The summed E-state index contributed by atoms with van der Waals surface area (Å²) >= 11 is 0. The fraction of sp³-hybridized carbons (Fsp3) is 0.867. The Kier molecular flexibility index (Phi) is 5.26.